The smallest absolute Gasteiger partial charge is 0.545 e. The number of nitrogens with zero attached hydrogens (tertiary/aromatic N) is 4. The summed E-state index contributed by atoms with van der Waals surface area (Å²) in [6.45, 7) is 5.32. The van der Waals surface area contributed by atoms with E-state index in [1.807, 2.05) is 178 Å². The van der Waals surface area contributed by atoms with E-state index in [-0.39, 0.29) is 159 Å². The molecule has 0 bridgehead atoms. The molecule has 478 valence electrons. The molecule has 4 aromatic heterocycles. The Morgan fingerprint density at radius 1 is 0.443 bits per heavy atom. The Morgan fingerprint density at radius 2 is 0.814 bits per heavy atom. The third-order valence-electron chi connectivity index (χ3n) is 15.9. The number of aromatic nitrogens is 4. The zero-order valence-electron chi connectivity index (χ0n) is 53.6. The Kier molecular flexibility index (Phi) is 25.9. The van der Waals surface area contributed by atoms with Crippen LogP contribution < -0.4 is 63.1 Å². The van der Waals surface area contributed by atoms with Crippen LogP contribution in [-0.2, 0) is 26.3 Å². The average Bonchev–Trinajstić information content (AvgIpc) is 1.60. The number of para-hydroxylation sites is 4. The molecule has 0 fully saturated rings. The monoisotopic (exact) mass is 1560 g/mol. The summed E-state index contributed by atoms with van der Waals surface area (Å²) in [6, 6.07) is 72.3. The third kappa shape index (κ3) is 16.1. The van der Waals surface area contributed by atoms with Crippen molar-refractivity contribution < 1.29 is 180 Å². The van der Waals surface area contributed by atoms with Gasteiger partial charge in [-0.2, -0.15) is 0 Å². The Labute approximate surface area is 646 Å². The minimum atomic E-state index is -1.29. The summed E-state index contributed by atoms with van der Waals surface area (Å²) in [6.07, 6.45) is 0. The van der Waals surface area contributed by atoms with Gasteiger partial charge in [-0.05, 0) is 134 Å². The van der Waals surface area contributed by atoms with Crippen LogP contribution in [0.1, 0.15) is 54.8 Å². The fourth-order valence-electron chi connectivity index (χ4n) is 11.4. The predicted octanol–water partition coefficient (Wildman–Crippen LogP) is 11.8. The molecule has 0 amide bonds. The maximum Gasteiger partial charge on any atom is 1.00 e. The summed E-state index contributed by atoms with van der Waals surface area (Å²) in [5.74, 6) is 4.25. The number of ether oxygens (including phenoxy) is 6. The van der Waals surface area contributed by atoms with Crippen LogP contribution in [0.25, 0.3) is 66.5 Å². The van der Waals surface area contributed by atoms with Crippen molar-refractivity contribution in [2.24, 2.45) is 0 Å². The zero-order valence-corrected chi connectivity index (χ0v) is 63.1. The van der Waals surface area contributed by atoms with Crippen molar-refractivity contribution in [3.05, 3.63) is 276 Å². The van der Waals surface area contributed by atoms with Crippen LogP contribution in [0, 0.1) is 96.4 Å². The van der Waals surface area contributed by atoms with Gasteiger partial charge in [0.25, 0.3) is 0 Å². The summed E-state index contributed by atoms with van der Waals surface area (Å²) in [4.78, 5) is 32.9. The van der Waals surface area contributed by atoms with E-state index in [2.05, 4.69) is 37.3 Å². The van der Waals surface area contributed by atoms with Gasteiger partial charge in [-0.15, -0.1) is 0 Å². The molecule has 14 aromatic rings. The van der Waals surface area contributed by atoms with Crippen LogP contribution in [0.5, 0.6) is 46.0 Å². The van der Waals surface area contributed by atoms with Gasteiger partial charge < -0.3 is 72.3 Å². The molecule has 0 saturated carbocycles. The van der Waals surface area contributed by atoms with Gasteiger partial charge in [0.05, 0.1) is 42.0 Å². The number of carboxylic acids is 2. The van der Waals surface area contributed by atoms with Gasteiger partial charge in [-0.3, -0.25) is 0 Å². The van der Waals surface area contributed by atoms with Gasteiger partial charge in [-0.1, -0.05) is 121 Å². The second kappa shape index (κ2) is 33.7. The molecule has 0 unspecified atom stereocenters. The molecule has 21 heteroatoms. The number of benzene rings is 10. The normalized spacial score (nSPS) is 10.6. The number of aryl methyl sites for hydroxylation is 2. The first-order chi connectivity index (χ1) is 45.0. The Balaban J connectivity index is 0.000000236. The van der Waals surface area contributed by atoms with E-state index >= 15 is 0 Å². The molecule has 0 saturated heterocycles. The second-order valence-electron chi connectivity index (χ2n) is 21.6. The van der Waals surface area contributed by atoms with E-state index in [9.17, 15) is 19.8 Å². The van der Waals surface area contributed by atoms with Gasteiger partial charge in [0.2, 0.25) is 11.8 Å². The first kappa shape index (κ1) is 74.4. The molecule has 18 nitrogen and oxygen atoms in total. The van der Waals surface area contributed by atoms with E-state index < -0.39 is 11.9 Å². The molecule has 2 radical (unpaired) electrons. The summed E-state index contributed by atoms with van der Waals surface area (Å²) < 4.78 is 52.5. The number of carboxylic acid groups (broad SMARTS) is 2. The Bertz CT molecular complexity index is 4740. The minimum absolute atomic E-state index is 0. The van der Waals surface area contributed by atoms with Crippen molar-refractivity contribution in [2.45, 2.75) is 40.2 Å². The number of rotatable bonds is 20. The number of carbonyl (C=O) groups excluding carboxylic acids is 1. The number of oxazole rings is 2. The number of hydrogen-bond acceptors (Lipinski definition) is 13. The summed E-state index contributed by atoms with van der Waals surface area (Å²) in [5, 5.41) is 25.2. The fourth-order valence-corrected chi connectivity index (χ4v) is 11.4. The van der Waals surface area contributed by atoms with E-state index in [1.165, 1.54) is 12.1 Å². The van der Waals surface area contributed by atoms with E-state index in [1.54, 1.807) is 50.6 Å². The first-order valence-electron chi connectivity index (χ1n) is 29.6. The summed E-state index contributed by atoms with van der Waals surface area (Å²) >= 11 is 0. The van der Waals surface area contributed by atoms with Gasteiger partial charge in [0.15, 0.2) is 23.0 Å². The molecule has 0 aliphatic carbocycles. The summed E-state index contributed by atoms with van der Waals surface area (Å²) in [7, 11) is 3.25. The third-order valence-corrected chi connectivity index (χ3v) is 15.9. The topological polar surface area (TPSA) is 258 Å². The molecule has 0 atom stereocenters. The summed E-state index contributed by atoms with van der Waals surface area (Å²) in [5.41, 5.74) is 9.31. The van der Waals surface area contributed by atoms with Crippen LogP contribution in [0.3, 0.4) is 0 Å². The Morgan fingerprint density at radius 3 is 1.24 bits per heavy atom. The number of hydrogen-bond donors (Lipinski definition) is 1. The van der Waals surface area contributed by atoms with Crippen molar-refractivity contribution in [3.63, 3.8) is 0 Å². The van der Waals surface area contributed by atoms with E-state index in [0.717, 1.165) is 77.3 Å². The molecule has 0 aliphatic rings. The van der Waals surface area contributed by atoms with Crippen molar-refractivity contribution in [1.82, 2.24) is 19.1 Å². The fraction of sp³-hybridized carbons (Fsp3) is 0.105. The van der Waals surface area contributed by atoms with Crippen LogP contribution in [0.15, 0.2) is 239 Å². The first-order valence-corrected chi connectivity index (χ1v) is 29.6. The van der Waals surface area contributed by atoms with Gasteiger partial charge in [0.1, 0.15) is 64.7 Å². The molecule has 14 rings (SSSR count). The molecular weight excluding hydrogens is 1500 g/mol. The van der Waals surface area contributed by atoms with Gasteiger partial charge >= 0.3 is 35.5 Å². The number of aromatic carboxylic acids is 2. The van der Waals surface area contributed by atoms with E-state index in [0.29, 0.717) is 70.9 Å². The maximum absolute atomic E-state index is 11.8. The number of fused-ring (bicyclic) bond motifs is 6. The predicted molar refractivity (Wildman–Crippen MR) is 357 cm³/mol. The van der Waals surface area contributed by atoms with Crippen molar-refractivity contribution in [2.75, 3.05) is 14.2 Å². The molecular formula is C76H63N4NaO14Pr2. The van der Waals surface area contributed by atoms with Crippen LogP contribution in [-0.4, -0.2) is 61.3 Å². The van der Waals surface area contributed by atoms with Crippen LogP contribution in [0.2, 0.25) is 0 Å². The maximum atomic E-state index is 11.8. The van der Waals surface area contributed by atoms with Crippen LogP contribution >= 0.6 is 0 Å². The standard InChI is InChI=1S/2C38H30N2O6.Na.2H2O.2Pr/c2*1-24-29(39-37(45-24)26-11-4-3-5-12-26)23-44-33-20-19-25(21-35(33)43-2)22-40-30-15-8-6-13-27(30)36-31(40)16-10-18-34(36)46-32-17-9-7-14-28(32)38(41)42;;;;;/h2*3-21H,22-23H2,1-2H3,(H,41,42);;2*1H2;;/q;;+1;;;;/p-1. The molecule has 0 spiro atoms. The molecule has 0 aliphatic heterocycles. The van der Waals surface area contributed by atoms with Crippen molar-refractivity contribution in [3.8, 4) is 68.9 Å². The molecule has 5 N–H and O–H groups in total. The molecule has 10 aromatic carbocycles. The van der Waals surface area contributed by atoms with Crippen LogP contribution in [0.4, 0.5) is 0 Å². The average molecular weight is 1560 g/mol. The SMILES string of the molecule is COc1cc(Cn2c3ccccc3c3c(Oc4ccccc4C(=O)O)cccc32)ccc1OCc1nc(-c2ccccc2)oc1C.COc1cc(Cn2c3ccccc3c3c(Oc4ccccc4C(=O)[O-])cccc32)ccc1OCc1nc(-c2ccccc2)oc1C.O.O.[Na+].[Pr].[Pr]. The Hall–Kier alpha value is -8.39. The van der Waals surface area contributed by atoms with Crippen molar-refractivity contribution >= 4 is 55.6 Å². The zero-order chi connectivity index (χ0) is 63.2. The van der Waals surface area contributed by atoms with Gasteiger partial charge in [-0.25, -0.2) is 14.8 Å². The number of methoxy groups -OCH3 is 2. The minimum Gasteiger partial charge on any atom is -0.545 e. The van der Waals surface area contributed by atoms with E-state index in [4.69, 9.17) is 37.3 Å². The largest absolute Gasteiger partial charge is 1.00 e. The number of carbonyl (C=O) groups is 2. The molecule has 97 heavy (non-hydrogen) atoms. The second-order valence-corrected chi connectivity index (χ2v) is 21.6. The van der Waals surface area contributed by atoms with Gasteiger partial charge in [0, 0.05) is 134 Å². The quantitative estimate of drug-likeness (QED) is 0.0696. The molecule has 4 heterocycles. The van der Waals surface area contributed by atoms with Crippen molar-refractivity contribution in [1.29, 1.82) is 0 Å².